The number of rotatable bonds is 7. The molecule has 0 aliphatic carbocycles. The molecule has 1 N–H and O–H groups in total. The van der Waals surface area contributed by atoms with Crippen LogP contribution in [0.2, 0.25) is 0 Å². The molecule has 0 fully saturated rings. The van der Waals surface area contributed by atoms with Crippen LogP contribution in [-0.2, 0) is 9.84 Å². The van der Waals surface area contributed by atoms with Crippen LogP contribution in [-0.4, -0.2) is 33.0 Å². The molecule has 0 radical (unpaired) electrons. The van der Waals surface area contributed by atoms with E-state index in [0.717, 1.165) is 25.8 Å². The first kappa shape index (κ1) is 12.9. The summed E-state index contributed by atoms with van der Waals surface area (Å²) in [5.74, 6) is 0.294. The predicted molar refractivity (Wildman–Crippen MR) is 56.7 cm³/mol. The highest BCUT2D eigenvalue weighted by atomic mass is 32.2. The van der Waals surface area contributed by atoms with Gasteiger partial charge in [0.15, 0.2) is 0 Å². The fraction of sp³-hybridized carbons (Fsp3) is 1.00. The highest BCUT2D eigenvalue weighted by molar-refractivity contribution is 7.90. The first-order valence-corrected chi connectivity index (χ1v) is 6.96. The van der Waals surface area contributed by atoms with Crippen molar-refractivity contribution < 1.29 is 8.42 Å². The molecule has 13 heavy (non-hydrogen) atoms. The Morgan fingerprint density at radius 2 is 1.92 bits per heavy atom. The van der Waals surface area contributed by atoms with Crippen molar-refractivity contribution in [3.63, 3.8) is 0 Å². The second-order valence-corrected chi connectivity index (χ2v) is 5.74. The molecule has 0 saturated carbocycles. The molecule has 0 heterocycles. The van der Waals surface area contributed by atoms with Gasteiger partial charge in [0.05, 0.1) is 5.75 Å². The predicted octanol–water partition coefficient (Wildman–Crippen LogP) is 1.20. The number of hydrogen-bond donors (Lipinski definition) is 1. The van der Waals surface area contributed by atoms with Gasteiger partial charge in [-0.05, 0) is 25.8 Å². The van der Waals surface area contributed by atoms with E-state index in [1.54, 1.807) is 0 Å². The van der Waals surface area contributed by atoms with Crippen LogP contribution in [0.15, 0.2) is 0 Å². The van der Waals surface area contributed by atoms with E-state index >= 15 is 0 Å². The number of nitrogens with one attached hydrogen (secondary N) is 1. The molecule has 80 valence electrons. The third-order valence-electron chi connectivity index (χ3n) is 2.01. The molecule has 3 nitrogen and oxygen atoms in total. The lowest BCUT2D eigenvalue weighted by molar-refractivity contribution is 0.482. The molecule has 4 heteroatoms. The standard InChI is InChI=1S/C9H21NO2S/c1-4-7-10-9(5-2)6-8-13(3,11)12/h9-10H,4-8H2,1-3H3. The van der Waals surface area contributed by atoms with Crippen LogP contribution >= 0.6 is 0 Å². The van der Waals surface area contributed by atoms with Gasteiger partial charge in [0.2, 0.25) is 0 Å². The molecule has 0 aliphatic heterocycles. The summed E-state index contributed by atoms with van der Waals surface area (Å²) in [5.41, 5.74) is 0. The van der Waals surface area contributed by atoms with Crippen LogP contribution < -0.4 is 5.32 Å². The molecule has 0 aromatic rings. The van der Waals surface area contributed by atoms with Gasteiger partial charge in [0.1, 0.15) is 9.84 Å². The maximum absolute atomic E-state index is 10.9. The fourth-order valence-electron chi connectivity index (χ4n) is 1.16. The van der Waals surface area contributed by atoms with Gasteiger partial charge in [-0.3, -0.25) is 0 Å². The van der Waals surface area contributed by atoms with Gasteiger partial charge in [-0.1, -0.05) is 13.8 Å². The number of sulfone groups is 1. The van der Waals surface area contributed by atoms with E-state index in [1.807, 2.05) is 0 Å². The molecule has 1 atom stereocenters. The summed E-state index contributed by atoms with van der Waals surface area (Å²) in [6.07, 6.45) is 4.11. The van der Waals surface area contributed by atoms with Crippen molar-refractivity contribution in [3.05, 3.63) is 0 Å². The first-order valence-electron chi connectivity index (χ1n) is 4.90. The molecule has 0 amide bonds. The highest BCUT2D eigenvalue weighted by Crippen LogP contribution is 2.00. The van der Waals surface area contributed by atoms with Crippen LogP contribution in [0, 0.1) is 0 Å². The van der Waals surface area contributed by atoms with Crippen molar-refractivity contribution in [2.24, 2.45) is 0 Å². The Morgan fingerprint density at radius 1 is 1.31 bits per heavy atom. The third kappa shape index (κ3) is 8.25. The lowest BCUT2D eigenvalue weighted by Gasteiger charge is -2.15. The van der Waals surface area contributed by atoms with E-state index in [1.165, 1.54) is 6.26 Å². The molecule has 0 rings (SSSR count). The minimum atomic E-state index is -2.79. The van der Waals surface area contributed by atoms with Crippen molar-refractivity contribution in [2.45, 2.75) is 39.2 Å². The van der Waals surface area contributed by atoms with Gasteiger partial charge in [-0.25, -0.2) is 8.42 Å². The molecular formula is C9H21NO2S. The molecule has 0 aromatic heterocycles. The van der Waals surface area contributed by atoms with E-state index in [2.05, 4.69) is 19.2 Å². The fourth-order valence-corrected chi connectivity index (χ4v) is 1.87. The minimum Gasteiger partial charge on any atom is -0.314 e. The van der Waals surface area contributed by atoms with Gasteiger partial charge in [0, 0.05) is 12.3 Å². The maximum atomic E-state index is 10.9. The van der Waals surface area contributed by atoms with Gasteiger partial charge in [-0.2, -0.15) is 0 Å². The normalized spacial score (nSPS) is 14.4. The largest absolute Gasteiger partial charge is 0.314 e. The third-order valence-corrected chi connectivity index (χ3v) is 2.99. The Kier molecular flexibility index (Phi) is 6.33. The zero-order chi connectivity index (χ0) is 10.3. The van der Waals surface area contributed by atoms with Gasteiger partial charge < -0.3 is 5.32 Å². The molecule has 0 aromatic carbocycles. The Balaban J connectivity index is 3.72. The smallest absolute Gasteiger partial charge is 0.147 e. The first-order chi connectivity index (χ1) is 5.99. The van der Waals surface area contributed by atoms with Crippen LogP contribution in [0.4, 0.5) is 0 Å². The van der Waals surface area contributed by atoms with Gasteiger partial charge in [-0.15, -0.1) is 0 Å². The van der Waals surface area contributed by atoms with Gasteiger partial charge >= 0.3 is 0 Å². The van der Waals surface area contributed by atoms with Crippen molar-refractivity contribution in [1.29, 1.82) is 0 Å². The Hall–Kier alpha value is -0.0900. The lowest BCUT2D eigenvalue weighted by Crippen LogP contribution is -2.30. The summed E-state index contributed by atoms with van der Waals surface area (Å²) in [5, 5.41) is 3.33. The SMILES string of the molecule is CCCNC(CC)CCS(C)(=O)=O. The molecule has 0 saturated heterocycles. The van der Waals surface area contributed by atoms with E-state index in [4.69, 9.17) is 0 Å². The van der Waals surface area contributed by atoms with E-state index in [9.17, 15) is 8.42 Å². The quantitative estimate of drug-likeness (QED) is 0.682. The van der Waals surface area contributed by atoms with Crippen molar-refractivity contribution in [2.75, 3.05) is 18.6 Å². The minimum absolute atomic E-state index is 0.294. The van der Waals surface area contributed by atoms with Crippen molar-refractivity contribution in [3.8, 4) is 0 Å². The second kappa shape index (κ2) is 6.38. The van der Waals surface area contributed by atoms with Crippen LogP contribution in [0.25, 0.3) is 0 Å². The maximum Gasteiger partial charge on any atom is 0.147 e. The summed E-state index contributed by atoms with van der Waals surface area (Å²) in [6.45, 7) is 5.16. The summed E-state index contributed by atoms with van der Waals surface area (Å²) in [6, 6.07) is 0.356. The zero-order valence-electron chi connectivity index (χ0n) is 8.84. The molecular weight excluding hydrogens is 186 g/mol. The average molecular weight is 207 g/mol. The molecule has 0 aliphatic rings. The Bertz CT molecular complexity index is 212. The summed E-state index contributed by atoms with van der Waals surface area (Å²) in [4.78, 5) is 0. The van der Waals surface area contributed by atoms with E-state index in [0.29, 0.717) is 11.8 Å². The van der Waals surface area contributed by atoms with Gasteiger partial charge in [0.25, 0.3) is 0 Å². The van der Waals surface area contributed by atoms with E-state index < -0.39 is 9.84 Å². The second-order valence-electron chi connectivity index (χ2n) is 3.48. The lowest BCUT2D eigenvalue weighted by atomic mass is 10.2. The summed E-state index contributed by atoms with van der Waals surface area (Å²) < 4.78 is 21.8. The summed E-state index contributed by atoms with van der Waals surface area (Å²) in [7, 11) is -2.79. The van der Waals surface area contributed by atoms with E-state index in [-0.39, 0.29) is 0 Å². The number of hydrogen-bond acceptors (Lipinski definition) is 3. The monoisotopic (exact) mass is 207 g/mol. The van der Waals surface area contributed by atoms with Crippen molar-refractivity contribution in [1.82, 2.24) is 5.32 Å². The van der Waals surface area contributed by atoms with Crippen molar-refractivity contribution >= 4 is 9.84 Å². The molecule has 1 unspecified atom stereocenters. The topological polar surface area (TPSA) is 46.2 Å². The average Bonchev–Trinajstić information content (AvgIpc) is 2.03. The Labute approximate surface area is 81.8 Å². The van der Waals surface area contributed by atoms with Crippen LogP contribution in [0.1, 0.15) is 33.1 Å². The summed E-state index contributed by atoms with van der Waals surface area (Å²) >= 11 is 0. The molecule has 0 spiro atoms. The van der Waals surface area contributed by atoms with Crippen LogP contribution in [0.3, 0.4) is 0 Å². The molecule has 0 bridgehead atoms. The highest BCUT2D eigenvalue weighted by Gasteiger charge is 2.08. The Morgan fingerprint density at radius 3 is 2.31 bits per heavy atom. The van der Waals surface area contributed by atoms with Crippen LogP contribution in [0.5, 0.6) is 0 Å². The zero-order valence-corrected chi connectivity index (χ0v) is 9.65.